The molecule has 0 saturated heterocycles. The number of pyridine rings is 1. The summed E-state index contributed by atoms with van der Waals surface area (Å²) in [4.78, 5) is 9.05. The van der Waals surface area contributed by atoms with Gasteiger partial charge in [-0.3, -0.25) is 4.98 Å². The van der Waals surface area contributed by atoms with Crippen LogP contribution in [0.4, 0.5) is 0 Å². The first kappa shape index (κ1) is 16.8. The molecular formula is C16H22N4OS2. The van der Waals surface area contributed by atoms with Crippen LogP contribution in [0.3, 0.4) is 0 Å². The highest BCUT2D eigenvalue weighted by molar-refractivity contribution is 7.89. The Bertz CT molecular complexity index is 645. The Kier molecular flexibility index (Phi) is 5.63. The standard InChI is InChI=1S/C16H22N4OS2/c1-3-4-9-23(21)20-11(2)16-18-15(19-22-16)13-7-8-17-14(10-13)12-5-6-12/h7-8,10-12,20H,3-6,9H2,1-2H3/t11-,23+/m1/s1. The van der Waals surface area contributed by atoms with E-state index in [1.807, 2.05) is 19.2 Å². The van der Waals surface area contributed by atoms with Gasteiger partial charge in [0, 0.05) is 34.7 Å². The molecule has 2 heterocycles. The first-order chi connectivity index (χ1) is 11.2. The minimum atomic E-state index is -1.01. The van der Waals surface area contributed by atoms with E-state index in [9.17, 15) is 4.55 Å². The lowest BCUT2D eigenvalue weighted by Gasteiger charge is -2.14. The van der Waals surface area contributed by atoms with Gasteiger partial charge < -0.3 is 4.55 Å². The lowest BCUT2D eigenvalue weighted by Crippen LogP contribution is -2.29. The van der Waals surface area contributed by atoms with Crippen molar-refractivity contribution in [2.24, 2.45) is 0 Å². The number of hydrogen-bond donors (Lipinski definition) is 1. The first-order valence-electron chi connectivity index (χ1n) is 8.12. The first-order valence-corrected chi connectivity index (χ1v) is 10.2. The summed E-state index contributed by atoms with van der Waals surface area (Å²) >= 11 is 0.361. The van der Waals surface area contributed by atoms with Gasteiger partial charge in [0.15, 0.2) is 5.82 Å². The minimum Gasteiger partial charge on any atom is -0.598 e. The highest BCUT2D eigenvalue weighted by atomic mass is 32.2. The quantitative estimate of drug-likeness (QED) is 0.737. The molecule has 1 N–H and O–H groups in total. The van der Waals surface area contributed by atoms with Gasteiger partial charge in [0.1, 0.15) is 16.8 Å². The van der Waals surface area contributed by atoms with E-state index < -0.39 is 11.4 Å². The number of hydrogen-bond acceptors (Lipinski definition) is 6. The predicted octanol–water partition coefficient (Wildman–Crippen LogP) is 3.59. The molecular weight excluding hydrogens is 328 g/mol. The Morgan fingerprint density at radius 2 is 2.30 bits per heavy atom. The van der Waals surface area contributed by atoms with Gasteiger partial charge >= 0.3 is 0 Å². The molecule has 0 aliphatic heterocycles. The van der Waals surface area contributed by atoms with E-state index in [1.54, 1.807) is 0 Å². The maximum absolute atomic E-state index is 11.9. The molecule has 1 fully saturated rings. The average molecular weight is 351 g/mol. The molecule has 0 radical (unpaired) electrons. The lowest BCUT2D eigenvalue weighted by atomic mass is 10.2. The second kappa shape index (κ2) is 7.70. The largest absolute Gasteiger partial charge is 0.598 e. The van der Waals surface area contributed by atoms with Gasteiger partial charge in [-0.15, -0.1) is 4.72 Å². The summed E-state index contributed by atoms with van der Waals surface area (Å²) in [6, 6.07) is 4.00. The van der Waals surface area contributed by atoms with Crippen molar-refractivity contribution in [2.75, 3.05) is 5.75 Å². The van der Waals surface area contributed by atoms with Crippen LogP contribution < -0.4 is 4.72 Å². The summed E-state index contributed by atoms with van der Waals surface area (Å²) in [5, 5.41) is 0.870. The third-order valence-electron chi connectivity index (χ3n) is 3.84. The van der Waals surface area contributed by atoms with Crippen molar-refractivity contribution in [1.29, 1.82) is 0 Å². The molecule has 7 heteroatoms. The predicted molar refractivity (Wildman–Crippen MR) is 94.6 cm³/mol. The van der Waals surface area contributed by atoms with Gasteiger partial charge in [-0.05, 0) is 49.9 Å². The van der Waals surface area contributed by atoms with Crippen molar-refractivity contribution < 1.29 is 4.55 Å². The molecule has 0 unspecified atom stereocenters. The molecule has 0 aromatic carbocycles. The molecule has 2 atom stereocenters. The lowest BCUT2D eigenvalue weighted by molar-refractivity contribution is 0.562. The smallest absolute Gasteiger partial charge is 0.173 e. The summed E-state index contributed by atoms with van der Waals surface area (Å²) in [5.41, 5.74) is 2.16. The Balaban J connectivity index is 1.66. The van der Waals surface area contributed by atoms with E-state index in [0.717, 1.165) is 34.9 Å². The molecule has 2 aromatic rings. The number of rotatable bonds is 8. The molecule has 5 nitrogen and oxygen atoms in total. The van der Waals surface area contributed by atoms with Gasteiger partial charge in [0.05, 0.1) is 0 Å². The SMILES string of the molecule is CCCC[S@+]([O-])N[C@H](C)c1nc(-c2ccnc(C3CC3)c2)ns1. The molecule has 0 amide bonds. The van der Waals surface area contributed by atoms with Crippen LogP contribution in [-0.2, 0) is 11.4 Å². The highest BCUT2D eigenvalue weighted by Crippen LogP contribution is 2.39. The zero-order valence-corrected chi connectivity index (χ0v) is 15.1. The molecule has 1 aliphatic carbocycles. The van der Waals surface area contributed by atoms with Crippen LogP contribution >= 0.6 is 11.5 Å². The molecule has 23 heavy (non-hydrogen) atoms. The fraction of sp³-hybridized carbons (Fsp3) is 0.562. The molecule has 3 rings (SSSR count). The zero-order valence-electron chi connectivity index (χ0n) is 13.5. The second-order valence-corrected chi connectivity index (χ2v) is 8.06. The Morgan fingerprint density at radius 3 is 3.04 bits per heavy atom. The van der Waals surface area contributed by atoms with Gasteiger partial charge in [-0.2, -0.15) is 4.37 Å². The molecule has 1 saturated carbocycles. The maximum atomic E-state index is 11.9. The summed E-state index contributed by atoms with van der Waals surface area (Å²) in [6.45, 7) is 4.08. The second-order valence-electron chi connectivity index (χ2n) is 5.94. The van der Waals surface area contributed by atoms with Crippen LogP contribution in [-0.4, -0.2) is 24.6 Å². The maximum Gasteiger partial charge on any atom is 0.173 e. The number of aromatic nitrogens is 3. The fourth-order valence-electron chi connectivity index (χ4n) is 2.30. The topological polar surface area (TPSA) is 73.8 Å². The van der Waals surface area contributed by atoms with Crippen LogP contribution in [0.2, 0.25) is 0 Å². The number of unbranched alkanes of at least 4 members (excludes halogenated alkanes) is 1. The van der Waals surface area contributed by atoms with Crippen molar-refractivity contribution in [3.63, 3.8) is 0 Å². The summed E-state index contributed by atoms with van der Waals surface area (Å²) in [7, 11) is 0. The van der Waals surface area contributed by atoms with Crippen LogP contribution in [0.15, 0.2) is 18.3 Å². The van der Waals surface area contributed by atoms with Crippen LogP contribution in [0.5, 0.6) is 0 Å². The molecule has 0 bridgehead atoms. The summed E-state index contributed by atoms with van der Waals surface area (Å²) < 4.78 is 19.5. The van der Waals surface area contributed by atoms with E-state index in [2.05, 4.69) is 32.1 Å². The molecule has 2 aromatic heterocycles. The normalized spacial score (nSPS) is 17.2. The van der Waals surface area contributed by atoms with E-state index >= 15 is 0 Å². The van der Waals surface area contributed by atoms with Crippen LogP contribution in [0, 0.1) is 0 Å². The monoisotopic (exact) mass is 350 g/mol. The van der Waals surface area contributed by atoms with Gasteiger partial charge in [-0.25, -0.2) is 4.98 Å². The van der Waals surface area contributed by atoms with Crippen molar-refractivity contribution in [1.82, 2.24) is 19.1 Å². The zero-order chi connectivity index (χ0) is 16.2. The minimum absolute atomic E-state index is 0.0521. The van der Waals surface area contributed by atoms with E-state index in [1.165, 1.54) is 24.4 Å². The van der Waals surface area contributed by atoms with Gasteiger partial charge in [0.2, 0.25) is 0 Å². The Hall–Kier alpha value is -1.02. The summed E-state index contributed by atoms with van der Waals surface area (Å²) in [5.74, 6) is 2.04. The van der Waals surface area contributed by atoms with Crippen molar-refractivity contribution in [2.45, 2.75) is 51.5 Å². The summed E-state index contributed by atoms with van der Waals surface area (Å²) in [6.07, 6.45) is 6.32. The van der Waals surface area contributed by atoms with Crippen molar-refractivity contribution in [3.8, 4) is 11.4 Å². The van der Waals surface area contributed by atoms with Crippen molar-refractivity contribution in [3.05, 3.63) is 29.0 Å². The van der Waals surface area contributed by atoms with E-state index in [4.69, 9.17) is 0 Å². The third kappa shape index (κ3) is 4.50. The van der Waals surface area contributed by atoms with E-state index in [-0.39, 0.29) is 6.04 Å². The Labute approximate surface area is 144 Å². The molecule has 124 valence electrons. The third-order valence-corrected chi connectivity index (χ3v) is 6.01. The average Bonchev–Trinajstić information content (AvgIpc) is 3.29. The van der Waals surface area contributed by atoms with Gasteiger partial charge in [0.25, 0.3) is 0 Å². The van der Waals surface area contributed by atoms with Crippen LogP contribution in [0.1, 0.15) is 62.2 Å². The fourth-order valence-corrected chi connectivity index (χ4v) is 4.22. The highest BCUT2D eigenvalue weighted by Gasteiger charge is 2.25. The van der Waals surface area contributed by atoms with Crippen LogP contribution in [0.25, 0.3) is 11.4 Å². The molecule has 0 spiro atoms. The molecule has 1 aliphatic rings. The number of nitrogens with one attached hydrogen (secondary N) is 1. The number of nitrogens with zero attached hydrogens (tertiary/aromatic N) is 3. The van der Waals surface area contributed by atoms with Crippen molar-refractivity contribution >= 4 is 22.9 Å². The van der Waals surface area contributed by atoms with Gasteiger partial charge in [-0.1, -0.05) is 13.3 Å². The van der Waals surface area contributed by atoms with E-state index in [0.29, 0.717) is 11.7 Å². The Morgan fingerprint density at radius 1 is 1.48 bits per heavy atom.